The zero-order chi connectivity index (χ0) is 13.5. The minimum atomic E-state index is 0.0200. The number of benzene rings is 1. The number of hydrogen-bond acceptors (Lipinski definition) is 2. The lowest BCUT2D eigenvalue weighted by atomic mass is 9.75. The number of hydrogen-bond donors (Lipinski definition) is 0. The van der Waals surface area contributed by atoms with Crippen LogP contribution in [-0.2, 0) is 16.1 Å². The van der Waals surface area contributed by atoms with Gasteiger partial charge in [0.1, 0.15) is 0 Å². The Morgan fingerprint density at radius 2 is 2.00 bits per heavy atom. The summed E-state index contributed by atoms with van der Waals surface area (Å²) in [6.07, 6.45) is 4.89. The van der Waals surface area contributed by atoms with E-state index >= 15 is 0 Å². The molecule has 1 saturated carbocycles. The lowest BCUT2D eigenvalue weighted by molar-refractivity contribution is -0.215. The molecule has 2 nitrogen and oxygen atoms in total. The average Bonchev–Trinajstić information content (AvgIpc) is 2.69. The first-order chi connectivity index (χ1) is 9.01. The smallest absolute Gasteiger partial charge is 0.0952 e. The third kappa shape index (κ3) is 2.44. The van der Waals surface area contributed by atoms with Crippen LogP contribution < -0.4 is 0 Å². The van der Waals surface area contributed by atoms with Gasteiger partial charge in [0.05, 0.1) is 23.9 Å². The molecule has 19 heavy (non-hydrogen) atoms. The molecular weight excluding hydrogens is 236 g/mol. The Hall–Kier alpha value is -0.860. The van der Waals surface area contributed by atoms with Gasteiger partial charge in [-0.1, -0.05) is 24.3 Å². The molecule has 104 valence electrons. The fraction of sp³-hybridized carbons (Fsp3) is 0.647. The average molecular weight is 260 g/mol. The van der Waals surface area contributed by atoms with Gasteiger partial charge in [-0.05, 0) is 57.6 Å². The summed E-state index contributed by atoms with van der Waals surface area (Å²) in [6.45, 7) is 7.24. The minimum absolute atomic E-state index is 0.0200. The third-order valence-corrected chi connectivity index (χ3v) is 4.75. The van der Waals surface area contributed by atoms with Crippen LogP contribution in [0.5, 0.6) is 0 Å². The minimum Gasteiger partial charge on any atom is -0.371 e. The molecule has 1 aliphatic heterocycles. The molecule has 2 atom stereocenters. The van der Waals surface area contributed by atoms with Crippen molar-refractivity contribution in [3.63, 3.8) is 0 Å². The standard InChI is InChI=1S/C17H24O2/c1-13-6-4-5-7-14(13)12-18-15-8-9-17(15)11-10-16(2,3)19-17/h4-7,15H,8-12H2,1-3H3. The quantitative estimate of drug-likeness (QED) is 0.817. The van der Waals surface area contributed by atoms with Crippen molar-refractivity contribution in [2.75, 3.05) is 0 Å². The third-order valence-electron chi connectivity index (χ3n) is 4.75. The Bertz CT molecular complexity index is 466. The van der Waals surface area contributed by atoms with E-state index in [1.54, 1.807) is 0 Å². The first-order valence-electron chi connectivity index (χ1n) is 7.37. The second kappa shape index (κ2) is 4.60. The van der Waals surface area contributed by atoms with Gasteiger partial charge in [0.25, 0.3) is 0 Å². The van der Waals surface area contributed by atoms with Crippen molar-refractivity contribution in [2.24, 2.45) is 0 Å². The van der Waals surface area contributed by atoms with Crippen molar-refractivity contribution in [3.05, 3.63) is 35.4 Å². The molecule has 1 aliphatic carbocycles. The predicted molar refractivity (Wildman–Crippen MR) is 76.1 cm³/mol. The highest BCUT2D eigenvalue weighted by Crippen LogP contribution is 2.50. The van der Waals surface area contributed by atoms with E-state index in [0.29, 0.717) is 6.61 Å². The van der Waals surface area contributed by atoms with Gasteiger partial charge < -0.3 is 9.47 Å². The van der Waals surface area contributed by atoms with Crippen molar-refractivity contribution in [3.8, 4) is 0 Å². The Kier molecular flexibility index (Phi) is 3.18. The second-order valence-electron chi connectivity index (χ2n) is 6.69. The predicted octanol–water partition coefficient (Wildman–Crippen LogP) is 4.00. The lowest BCUT2D eigenvalue weighted by Gasteiger charge is -2.47. The van der Waals surface area contributed by atoms with Gasteiger partial charge in [-0.2, -0.15) is 0 Å². The Balaban J connectivity index is 1.61. The maximum Gasteiger partial charge on any atom is 0.0952 e. The number of ether oxygens (including phenoxy) is 2. The summed E-state index contributed by atoms with van der Waals surface area (Å²) in [5, 5.41) is 0. The van der Waals surface area contributed by atoms with Crippen molar-refractivity contribution < 1.29 is 9.47 Å². The molecule has 3 rings (SSSR count). The summed E-state index contributed by atoms with van der Waals surface area (Å²) >= 11 is 0. The highest BCUT2D eigenvalue weighted by atomic mass is 16.6. The monoisotopic (exact) mass is 260 g/mol. The molecule has 1 heterocycles. The highest BCUT2D eigenvalue weighted by Gasteiger charge is 2.55. The summed E-state index contributed by atoms with van der Waals surface area (Å²) in [4.78, 5) is 0. The van der Waals surface area contributed by atoms with Crippen LogP contribution in [0.25, 0.3) is 0 Å². The molecule has 0 amide bonds. The van der Waals surface area contributed by atoms with E-state index in [9.17, 15) is 0 Å². The van der Waals surface area contributed by atoms with Gasteiger partial charge in [0, 0.05) is 0 Å². The van der Waals surface area contributed by atoms with Gasteiger partial charge in [0.2, 0.25) is 0 Å². The molecule has 1 aromatic carbocycles. The van der Waals surface area contributed by atoms with E-state index in [4.69, 9.17) is 9.47 Å². The van der Waals surface area contributed by atoms with Crippen LogP contribution in [-0.4, -0.2) is 17.3 Å². The molecule has 1 saturated heterocycles. The van der Waals surface area contributed by atoms with Gasteiger partial charge in [-0.3, -0.25) is 0 Å². The fourth-order valence-corrected chi connectivity index (χ4v) is 3.35. The SMILES string of the molecule is Cc1ccccc1COC1CCC12CCC(C)(C)O2. The molecule has 0 bridgehead atoms. The maximum absolute atomic E-state index is 6.28. The first-order valence-corrected chi connectivity index (χ1v) is 7.37. The molecule has 0 aromatic heterocycles. The Labute approximate surface area is 116 Å². The van der Waals surface area contributed by atoms with Crippen molar-refractivity contribution in [1.29, 1.82) is 0 Å². The molecule has 1 aromatic rings. The highest BCUT2D eigenvalue weighted by molar-refractivity contribution is 5.24. The summed E-state index contributed by atoms with van der Waals surface area (Å²) in [5.41, 5.74) is 2.65. The zero-order valence-corrected chi connectivity index (χ0v) is 12.2. The molecule has 0 radical (unpaired) electrons. The molecule has 2 heteroatoms. The van der Waals surface area contributed by atoms with Crippen LogP contribution >= 0.6 is 0 Å². The zero-order valence-electron chi connectivity index (χ0n) is 12.2. The first kappa shape index (κ1) is 13.1. The van der Waals surface area contributed by atoms with E-state index in [0.717, 1.165) is 25.7 Å². The Morgan fingerprint density at radius 3 is 2.58 bits per heavy atom. The van der Waals surface area contributed by atoms with Crippen LogP contribution in [0.4, 0.5) is 0 Å². The van der Waals surface area contributed by atoms with Crippen LogP contribution in [0.3, 0.4) is 0 Å². The summed E-state index contributed by atoms with van der Waals surface area (Å²) in [6, 6.07) is 8.45. The van der Waals surface area contributed by atoms with Crippen LogP contribution in [0, 0.1) is 6.92 Å². The van der Waals surface area contributed by atoms with Gasteiger partial charge >= 0.3 is 0 Å². The molecular formula is C17H24O2. The largest absolute Gasteiger partial charge is 0.371 e. The van der Waals surface area contributed by atoms with Crippen molar-refractivity contribution in [1.82, 2.24) is 0 Å². The van der Waals surface area contributed by atoms with Crippen LogP contribution in [0.1, 0.15) is 50.7 Å². The van der Waals surface area contributed by atoms with Gasteiger partial charge in [-0.25, -0.2) is 0 Å². The van der Waals surface area contributed by atoms with Crippen molar-refractivity contribution in [2.45, 2.75) is 70.4 Å². The topological polar surface area (TPSA) is 18.5 Å². The van der Waals surface area contributed by atoms with E-state index in [-0.39, 0.29) is 17.3 Å². The van der Waals surface area contributed by atoms with E-state index in [1.807, 2.05) is 0 Å². The normalized spacial score (nSPS) is 32.5. The number of rotatable bonds is 3. The van der Waals surface area contributed by atoms with Crippen LogP contribution in [0.2, 0.25) is 0 Å². The van der Waals surface area contributed by atoms with Gasteiger partial charge in [0.15, 0.2) is 0 Å². The van der Waals surface area contributed by atoms with Crippen LogP contribution in [0.15, 0.2) is 24.3 Å². The van der Waals surface area contributed by atoms with Gasteiger partial charge in [-0.15, -0.1) is 0 Å². The van der Waals surface area contributed by atoms with E-state index < -0.39 is 0 Å². The molecule has 1 spiro atoms. The summed E-state index contributed by atoms with van der Waals surface area (Å²) in [7, 11) is 0. The maximum atomic E-state index is 6.28. The summed E-state index contributed by atoms with van der Waals surface area (Å²) in [5.74, 6) is 0. The molecule has 2 fully saturated rings. The summed E-state index contributed by atoms with van der Waals surface area (Å²) < 4.78 is 12.4. The Morgan fingerprint density at radius 1 is 1.21 bits per heavy atom. The van der Waals surface area contributed by atoms with E-state index in [2.05, 4.69) is 45.0 Å². The molecule has 2 aliphatic rings. The van der Waals surface area contributed by atoms with E-state index in [1.165, 1.54) is 11.1 Å². The number of aryl methyl sites for hydroxylation is 1. The van der Waals surface area contributed by atoms with Crippen molar-refractivity contribution >= 4 is 0 Å². The molecule has 2 unspecified atom stereocenters. The second-order valence-corrected chi connectivity index (χ2v) is 6.69. The lowest BCUT2D eigenvalue weighted by Crippen LogP contribution is -2.53. The molecule has 0 N–H and O–H groups in total. The fourth-order valence-electron chi connectivity index (χ4n) is 3.35.